The van der Waals surface area contributed by atoms with Crippen LogP contribution < -0.4 is 11.1 Å². The lowest BCUT2D eigenvalue weighted by Gasteiger charge is -2.13. The molecular weight excluding hydrogens is 322 g/mol. The van der Waals surface area contributed by atoms with E-state index in [0.717, 1.165) is 12.1 Å². The maximum Gasteiger partial charge on any atom is 0.253 e. The van der Waals surface area contributed by atoms with E-state index in [1.165, 1.54) is 0 Å². The van der Waals surface area contributed by atoms with Gasteiger partial charge in [0.1, 0.15) is 17.7 Å². The Hall–Kier alpha value is -1.05. The van der Waals surface area contributed by atoms with Crippen molar-refractivity contribution >= 4 is 27.5 Å². The van der Waals surface area contributed by atoms with E-state index in [1.54, 1.807) is 0 Å². The summed E-state index contributed by atoms with van der Waals surface area (Å²) >= 11 is 2.86. The van der Waals surface area contributed by atoms with Gasteiger partial charge in [-0.1, -0.05) is 0 Å². The Balaban J connectivity index is 2.05. The van der Waals surface area contributed by atoms with Crippen molar-refractivity contribution in [3.63, 3.8) is 0 Å². The van der Waals surface area contributed by atoms with Crippen LogP contribution >= 0.6 is 15.9 Å². The predicted molar refractivity (Wildman–Crippen MR) is 69.6 cm³/mol. The number of benzene rings is 1. The van der Waals surface area contributed by atoms with Gasteiger partial charge in [0.25, 0.3) is 5.91 Å². The summed E-state index contributed by atoms with van der Waals surface area (Å²) in [5.41, 5.74) is 5.23. The molecule has 1 amide bonds. The van der Waals surface area contributed by atoms with Crippen molar-refractivity contribution in [2.45, 2.75) is 25.0 Å². The van der Waals surface area contributed by atoms with Gasteiger partial charge >= 0.3 is 0 Å². The third-order valence-corrected chi connectivity index (χ3v) is 3.54. The van der Waals surface area contributed by atoms with Crippen molar-refractivity contribution in [1.82, 2.24) is 0 Å². The molecule has 1 aliphatic heterocycles. The minimum Gasteiger partial charge on any atom is -0.364 e. The van der Waals surface area contributed by atoms with Crippen molar-refractivity contribution in [2.24, 2.45) is 5.73 Å². The molecule has 2 rings (SSSR count). The van der Waals surface area contributed by atoms with Gasteiger partial charge in [-0.2, -0.15) is 0 Å². The average molecular weight is 335 g/mol. The molecule has 1 aromatic carbocycles. The van der Waals surface area contributed by atoms with Crippen LogP contribution in [0.25, 0.3) is 0 Å². The number of nitrogens with two attached hydrogens (primary N) is 1. The van der Waals surface area contributed by atoms with Crippen LogP contribution in [-0.4, -0.2) is 24.7 Å². The Labute approximate surface area is 117 Å². The Kier molecular flexibility index (Phi) is 4.49. The van der Waals surface area contributed by atoms with Gasteiger partial charge in [0, 0.05) is 12.6 Å². The zero-order valence-electron chi connectivity index (χ0n) is 9.96. The van der Waals surface area contributed by atoms with Gasteiger partial charge < -0.3 is 15.8 Å². The summed E-state index contributed by atoms with van der Waals surface area (Å²) in [5.74, 6) is -1.85. The second-order valence-corrected chi connectivity index (χ2v) is 5.15. The maximum atomic E-state index is 13.5. The van der Waals surface area contributed by atoms with Crippen LogP contribution in [0.15, 0.2) is 16.6 Å². The smallest absolute Gasteiger partial charge is 0.253 e. The number of rotatable bonds is 3. The number of carbonyl (C=O) groups excluding carboxylic acids is 1. The van der Waals surface area contributed by atoms with Gasteiger partial charge in [-0.15, -0.1) is 0 Å². The molecule has 0 spiro atoms. The number of hydrogen-bond acceptors (Lipinski definition) is 3. The highest BCUT2D eigenvalue weighted by atomic mass is 79.9. The number of hydrogen-bond donors (Lipinski definition) is 2. The fraction of sp³-hybridized carbons (Fsp3) is 0.417. The second-order valence-electron chi connectivity index (χ2n) is 4.30. The third kappa shape index (κ3) is 3.29. The molecule has 1 heterocycles. The zero-order chi connectivity index (χ0) is 14.0. The van der Waals surface area contributed by atoms with E-state index in [4.69, 9.17) is 10.5 Å². The largest absolute Gasteiger partial charge is 0.364 e. The summed E-state index contributed by atoms with van der Waals surface area (Å²) in [6, 6.07) is 1.88. The van der Waals surface area contributed by atoms with Gasteiger partial charge in [0.15, 0.2) is 0 Å². The van der Waals surface area contributed by atoms with E-state index in [9.17, 15) is 13.6 Å². The van der Waals surface area contributed by atoms with Crippen molar-refractivity contribution < 1.29 is 18.3 Å². The van der Waals surface area contributed by atoms with Crippen LogP contribution in [-0.2, 0) is 9.53 Å². The van der Waals surface area contributed by atoms with Crippen LogP contribution in [0.2, 0.25) is 0 Å². The first-order chi connectivity index (χ1) is 9.01. The summed E-state index contributed by atoms with van der Waals surface area (Å²) in [6.45, 7) is 0.338. The molecule has 0 saturated carbocycles. The van der Waals surface area contributed by atoms with E-state index in [1.807, 2.05) is 0 Å². The topological polar surface area (TPSA) is 64.4 Å². The zero-order valence-corrected chi connectivity index (χ0v) is 11.5. The molecule has 1 saturated heterocycles. The van der Waals surface area contributed by atoms with Crippen molar-refractivity contribution in [3.8, 4) is 0 Å². The molecule has 0 radical (unpaired) electrons. The van der Waals surface area contributed by atoms with Gasteiger partial charge in [-0.05, 0) is 34.8 Å². The second kappa shape index (κ2) is 5.94. The van der Waals surface area contributed by atoms with Gasteiger partial charge in [0.05, 0.1) is 16.3 Å². The number of nitrogens with one attached hydrogen (secondary N) is 1. The summed E-state index contributed by atoms with van der Waals surface area (Å²) < 4.78 is 32.2. The highest BCUT2D eigenvalue weighted by molar-refractivity contribution is 9.10. The number of ether oxygens (including phenoxy) is 1. The predicted octanol–water partition coefficient (Wildman–Crippen LogP) is 2.17. The highest BCUT2D eigenvalue weighted by Gasteiger charge is 2.30. The van der Waals surface area contributed by atoms with Crippen LogP contribution in [0.3, 0.4) is 0 Å². The monoisotopic (exact) mass is 334 g/mol. The van der Waals surface area contributed by atoms with Gasteiger partial charge in [-0.3, -0.25) is 4.79 Å². The maximum absolute atomic E-state index is 13.5. The standard InChI is InChI=1S/C12H13BrF2N2O2/c13-7-3-9(15)10(4-8(7)14)17-12(18)11-2-1-6(5-16)19-11/h3-4,6,11H,1-2,5,16H2,(H,17,18). The lowest BCUT2D eigenvalue weighted by atomic mass is 10.2. The van der Waals surface area contributed by atoms with Crippen molar-refractivity contribution in [2.75, 3.05) is 11.9 Å². The lowest BCUT2D eigenvalue weighted by molar-refractivity contribution is -0.126. The van der Waals surface area contributed by atoms with Crippen LogP contribution in [0.1, 0.15) is 12.8 Å². The Morgan fingerprint density at radius 3 is 2.79 bits per heavy atom. The van der Waals surface area contributed by atoms with E-state index in [-0.39, 0.29) is 16.3 Å². The first-order valence-corrected chi connectivity index (χ1v) is 6.61. The first-order valence-electron chi connectivity index (χ1n) is 5.82. The molecule has 7 heteroatoms. The summed E-state index contributed by atoms with van der Waals surface area (Å²) in [4.78, 5) is 11.8. The van der Waals surface area contributed by atoms with Crippen LogP contribution in [0.5, 0.6) is 0 Å². The van der Waals surface area contributed by atoms with E-state index in [2.05, 4.69) is 21.2 Å². The normalized spacial score (nSPS) is 22.5. The lowest BCUT2D eigenvalue weighted by Crippen LogP contribution is -2.30. The summed E-state index contributed by atoms with van der Waals surface area (Å²) in [5, 5.41) is 2.32. The van der Waals surface area contributed by atoms with E-state index < -0.39 is 23.6 Å². The molecule has 0 bridgehead atoms. The molecule has 3 N–H and O–H groups in total. The number of anilines is 1. The Morgan fingerprint density at radius 1 is 1.42 bits per heavy atom. The SMILES string of the molecule is NCC1CCC(C(=O)Nc2cc(F)c(Br)cc2F)O1. The molecule has 2 unspecified atom stereocenters. The molecule has 2 atom stereocenters. The molecule has 4 nitrogen and oxygen atoms in total. The summed E-state index contributed by atoms with van der Waals surface area (Å²) in [7, 11) is 0. The van der Waals surface area contributed by atoms with E-state index >= 15 is 0 Å². The molecule has 104 valence electrons. The quantitative estimate of drug-likeness (QED) is 0.832. The third-order valence-electron chi connectivity index (χ3n) is 2.93. The molecule has 1 aromatic rings. The number of carbonyl (C=O) groups is 1. The molecular formula is C12H13BrF2N2O2. The Morgan fingerprint density at radius 2 is 2.16 bits per heavy atom. The molecule has 19 heavy (non-hydrogen) atoms. The minimum atomic E-state index is -0.713. The Bertz CT molecular complexity index is 499. The molecule has 0 aliphatic carbocycles. The van der Waals surface area contributed by atoms with E-state index in [0.29, 0.717) is 19.4 Å². The van der Waals surface area contributed by atoms with Gasteiger partial charge in [-0.25, -0.2) is 8.78 Å². The summed E-state index contributed by atoms with van der Waals surface area (Å²) in [6.07, 6.45) is 0.391. The van der Waals surface area contributed by atoms with Crippen molar-refractivity contribution in [3.05, 3.63) is 28.2 Å². The van der Waals surface area contributed by atoms with Gasteiger partial charge in [0.2, 0.25) is 0 Å². The first kappa shape index (κ1) is 14.4. The fourth-order valence-electron chi connectivity index (χ4n) is 1.90. The van der Waals surface area contributed by atoms with Crippen LogP contribution in [0.4, 0.5) is 14.5 Å². The minimum absolute atomic E-state index is 0.00307. The van der Waals surface area contributed by atoms with Crippen LogP contribution in [0, 0.1) is 11.6 Å². The number of halogens is 3. The number of amides is 1. The molecule has 1 fully saturated rings. The average Bonchev–Trinajstić information content (AvgIpc) is 2.84. The fourth-order valence-corrected chi connectivity index (χ4v) is 2.22. The highest BCUT2D eigenvalue weighted by Crippen LogP contribution is 2.25. The molecule has 1 aliphatic rings. The van der Waals surface area contributed by atoms with Crippen molar-refractivity contribution in [1.29, 1.82) is 0 Å². The molecule has 0 aromatic heterocycles.